The van der Waals surface area contributed by atoms with Gasteiger partial charge in [-0.25, -0.2) is 9.80 Å². The number of carbonyl (C=O) groups excluding carboxylic acids is 1. The smallest absolute Gasteiger partial charge is 0.307 e. The molecular formula is C15H20N4O. The number of carbonyl (C=O) groups is 1. The highest BCUT2D eigenvalue weighted by atomic mass is 16.2. The Balaban J connectivity index is 1.92. The minimum atomic E-state index is -0.240. The van der Waals surface area contributed by atoms with E-state index < -0.39 is 0 Å². The highest BCUT2D eigenvalue weighted by Gasteiger charge is 2.25. The van der Waals surface area contributed by atoms with Crippen molar-refractivity contribution in [3.63, 3.8) is 0 Å². The van der Waals surface area contributed by atoms with E-state index >= 15 is 0 Å². The molecule has 1 aromatic rings. The van der Waals surface area contributed by atoms with Crippen LogP contribution >= 0.6 is 0 Å². The lowest BCUT2D eigenvalue weighted by Gasteiger charge is -2.38. The summed E-state index contributed by atoms with van der Waals surface area (Å²) in [6.45, 7) is 4.25. The van der Waals surface area contributed by atoms with Crippen LogP contribution in [0.5, 0.6) is 0 Å². The van der Waals surface area contributed by atoms with Crippen LogP contribution in [0.4, 0.5) is 10.5 Å². The first-order valence-electron chi connectivity index (χ1n) is 6.96. The molecule has 0 bridgehead atoms. The van der Waals surface area contributed by atoms with Gasteiger partial charge in [-0.15, -0.1) is 0 Å². The Bertz CT molecular complexity index is 496. The minimum Gasteiger partial charge on any atom is -0.307 e. The third kappa shape index (κ3) is 3.49. The topological polar surface area (TPSA) is 68.2 Å². The van der Waals surface area contributed by atoms with Crippen molar-refractivity contribution in [3.05, 3.63) is 29.8 Å². The van der Waals surface area contributed by atoms with Gasteiger partial charge in [-0.05, 0) is 51.0 Å². The van der Waals surface area contributed by atoms with E-state index in [-0.39, 0.29) is 6.03 Å². The SMILES string of the molecule is C[C@@H]1CCC[C@@H](C)N1NC(=O)Nc1ccc(C#N)cc1. The first-order valence-corrected chi connectivity index (χ1v) is 6.96. The van der Waals surface area contributed by atoms with Crippen LogP contribution < -0.4 is 10.7 Å². The average molecular weight is 272 g/mol. The molecule has 1 saturated heterocycles. The third-order valence-electron chi connectivity index (χ3n) is 3.70. The van der Waals surface area contributed by atoms with Gasteiger partial charge in [0.15, 0.2) is 0 Å². The molecule has 0 radical (unpaired) electrons. The average Bonchev–Trinajstić information content (AvgIpc) is 2.44. The summed E-state index contributed by atoms with van der Waals surface area (Å²) in [7, 11) is 0. The summed E-state index contributed by atoms with van der Waals surface area (Å²) in [5.41, 5.74) is 4.17. The van der Waals surface area contributed by atoms with Gasteiger partial charge in [0, 0.05) is 17.8 Å². The van der Waals surface area contributed by atoms with Crippen molar-refractivity contribution in [1.29, 1.82) is 5.26 Å². The van der Waals surface area contributed by atoms with E-state index in [9.17, 15) is 4.79 Å². The van der Waals surface area contributed by atoms with Crippen LogP contribution in [-0.2, 0) is 0 Å². The number of amides is 2. The fraction of sp³-hybridized carbons (Fsp3) is 0.467. The third-order valence-corrected chi connectivity index (χ3v) is 3.70. The molecule has 5 heteroatoms. The molecule has 1 heterocycles. The summed E-state index contributed by atoms with van der Waals surface area (Å²) < 4.78 is 0. The molecule has 0 spiro atoms. The zero-order chi connectivity index (χ0) is 14.5. The number of rotatable bonds is 2. The number of piperidine rings is 1. The number of hydrazine groups is 1. The normalized spacial score (nSPS) is 22.9. The molecule has 1 fully saturated rings. The fourth-order valence-electron chi connectivity index (χ4n) is 2.55. The summed E-state index contributed by atoms with van der Waals surface area (Å²) in [5.74, 6) is 0. The van der Waals surface area contributed by atoms with Gasteiger partial charge in [-0.3, -0.25) is 5.43 Å². The van der Waals surface area contributed by atoms with Crippen molar-refractivity contribution >= 4 is 11.7 Å². The largest absolute Gasteiger partial charge is 0.333 e. The first-order chi connectivity index (χ1) is 9.60. The van der Waals surface area contributed by atoms with Gasteiger partial charge in [0.05, 0.1) is 11.6 Å². The van der Waals surface area contributed by atoms with Crippen LogP contribution in [0.25, 0.3) is 0 Å². The maximum atomic E-state index is 12.0. The predicted octanol–water partition coefficient (Wildman–Crippen LogP) is 2.86. The molecule has 106 valence electrons. The molecule has 0 saturated carbocycles. The molecule has 0 unspecified atom stereocenters. The highest BCUT2D eigenvalue weighted by Crippen LogP contribution is 2.20. The van der Waals surface area contributed by atoms with E-state index in [4.69, 9.17) is 5.26 Å². The number of hydrogen-bond donors (Lipinski definition) is 2. The van der Waals surface area contributed by atoms with E-state index in [1.165, 1.54) is 6.42 Å². The van der Waals surface area contributed by atoms with Gasteiger partial charge in [-0.1, -0.05) is 6.42 Å². The molecule has 1 aromatic carbocycles. The highest BCUT2D eigenvalue weighted by molar-refractivity contribution is 5.88. The van der Waals surface area contributed by atoms with Crippen molar-refractivity contribution < 1.29 is 4.79 Å². The zero-order valence-electron chi connectivity index (χ0n) is 11.9. The molecule has 1 aliphatic heterocycles. The van der Waals surface area contributed by atoms with Gasteiger partial charge >= 0.3 is 6.03 Å². The van der Waals surface area contributed by atoms with Crippen molar-refractivity contribution in [1.82, 2.24) is 10.4 Å². The lowest BCUT2D eigenvalue weighted by Crippen LogP contribution is -2.55. The van der Waals surface area contributed by atoms with Gasteiger partial charge in [0.25, 0.3) is 0 Å². The lowest BCUT2D eigenvalue weighted by molar-refractivity contribution is 0.0625. The Morgan fingerprint density at radius 2 is 1.85 bits per heavy atom. The Kier molecular flexibility index (Phi) is 4.59. The number of hydrogen-bond acceptors (Lipinski definition) is 3. The predicted molar refractivity (Wildman–Crippen MR) is 77.9 cm³/mol. The molecule has 0 aromatic heterocycles. The van der Waals surface area contributed by atoms with Crippen LogP contribution in [0.2, 0.25) is 0 Å². The molecule has 5 nitrogen and oxygen atoms in total. The van der Waals surface area contributed by atoms with Crippen molar-refractivity contribution in [3.8, 4) is 6.07 Å². The quantitative estimate of drug-likeness (QED) is 0.869. The number of nitriles is 1. The Labute approximate surface area is 119 Å². The standard InChI is InChI=1S/C15H20N4O/c1-11-4-3-5-12(2)19(11)18-15(20)17-14-8-6-13(10-16)7-9-14/h6-9,11-12H,3-5H2,1-2H3,(H2,17,18,20)/t11-,12-/m1/s1. The molecule has 0 aliphatic carbocycles. The number of urea groups is 1. The Morgan fingerprint density at radius 3 is 2.40 bits per heavy atom. The van der Waals surface area contributed by atoms with E-state index in [0.29, 0.717) is 23.3 Å². The van der Waals surface area contributed by atoms with Gasteiger partial charge in [-0.2, -0.15) is 5.26 Å². The molecule has 2 amide bonds. The molecule has 1 aliphatic rings. The second kappa shape index (κ2) is 6.40. The fourth-order valence-corrected chi connectivity index (χ4v) is 2.55. The first kappa shape index (κ1) is 14.4. The minimum absolute atomic E-state index is 0.240. The van der Waals surface area contributed by atoms with Crippen LogP contribution in [0.1, 0.15) is 38.7 Å². The molecule has 20 heavy (non-hydrogen) atoms. The van der Waals surface area contributed by atoms with Crippen molar-refractivity contribution in [2.24, 2.45) is 0 Å². The maximum Gasteiger partial charge on any atom is 0.333 e. The number of anilines is 1. The summed E-state index contributed by atoms with van der Waals surface area (Å²) in [6.07, 6.45) is 3.40. The maximum absolute atomic E-state index is 12.0. The number of benzene rings is 1. The van der Waals surface area contributed by atoms with E-state index in [1.807, 2.05) is 11.1 Å². The van der Waals surface area contributed by atoms with Gasteiger partial charge in [0.1, 0.15) is 0 Å². The van der Waals surface area contributed by atoms with Gasteiger partial charge < -0.3 is 5.32 Å². The summed E-state index contributed by atoms with van der Waals surface area (Å²) in [6, 6.07) is 9.32. The lowest BCUT2D eigenvalue weighted by atomic mass is 10.00. The summed E-state index contributed by atoms with van der Waals surface area (Å²) in [4.78, 5) is 12.0. The zero-order valence-corrected chi connectivity index (χ0v) is 11.9. The van der Waals surface area contributed by atoms with Crippen LogP contribution in [0, 0.1) is 11.3 Å². The van der Waals surface area contributed by atoms with E-state index in [2.05, 4.69) is 24.6 Å². The van der Waals surface area contributed by atoms with Gasteiger partial charge in [0.2, 0.25) is 0 Å². The second-order valence-corrected chi connectivity index (χ2v) is 5.29. The summed E-state index contributed by atoms with van der Waals surface area (Å²) in [5, 5.41) is 13.5. The van der Waals surface area contributed by atoms with E-state index in [0.717, 1.165) is 12.8 Å². The van der Waals surface area contributed by atoms with Crippen LogP contribution in [0.15, 0.2) is 24.3 Å². The van der Waals surface area contributed by atoms with Crippen molar-refractivity contribution in [2.45, 2.75) is 45.2 Å². The monoisotopic (exact) mass is 272 g/mol. The Hall–Kier alpha value is -2.06. The Morgan fingerprint density at radius 1 is 1.25 bits per heavy atom. The van der Waals surface area contributed by atoms with E-state index in [1.54, 1.807) is 24.3 Å². The number of nitrogens with one attached hydrogen (secondary N) is 2. The molecule has 2 rings (SSSR count). The molecule has 2 N–H and O–H groups in total. The molecule has 2 atom stereocenters. The molecular weight excluding hydrogens is 252 g/mol. The second-order valence-electron chi connectivity index (χ2n) is 5.29. The van der Waals surface area contributed by atoms with Crippen LogP contribution in [-0.4, -0.2) is 23.1 Å². The van der Waals surface area contributed by atoms with Crippen LogP contribution in [0.3, 0.4) is 0 Å². The number of nitrogens with zero attached hydrogens (tertiary/aromatic N) is 2. The summed E-state index contributed by atoms with van der Waals surface area (Å²) >= 11 is 0. The van der Waals surface area contributed by atoms with Crippen molar-refractivity contribution in [2.75, 3.05) is 5.32 Å².